The molecule has 0 aliphatic carbocycles. The van der Waals surface area contributed by atoms with Crippen LogP contribution in [0.4, 0.5) is 0 Å². The van der Waals surface area contributed by atoms with E-state index in [-0.39, 0.29) is 18.4 Å². The molecule has 1 N–H and O–H groups in total. The van der Waals surface area contributed by atoms with E-state index in [0.29, 0.717) is 6.54 Å². The molecular weight excluding hydrogens is 353 g/mol. The zero-order valence-corrected chi connectivity index (χ0v) is 13.2. The lowest BCUT2D eigenvalue weighted by molar-refractivity contribution is 0.0826. The fourth-order valence-electron chi connectivity index (χ4n) is 2.56. The summed E-state index contributed by atoms with van der Waals surface area (Å²) in [7, 11) is 0. The van der Waals surface area contributed by atoms with Crippen LogP contribution < -0.4 is 0 Å². The smallest absolute Gasteiger partial charge is 0.176 e. The molecule has 1 heterocycles. The maximum atomic E-state index is 12.3. The van der Waals surface area contributed by atoms with Gasteiger partial charge in [-0.05, 0) is 54.1 Å². The molecule has 19 heavy (non-hydrogen) atoms. The second-order valence-corrected chi connectivity index (χ2v) is 6.33. The van der Waals surface area contributed by atoms with Crippen molar-refractivity contribution in [3.8, 4) is 0 Å². The van der Waals surface area contributed by atoms with Gasteiger partial charge in [-0.2, -0.15) is 0 Å². The molecule has 1 aliphatic rings. The van der Waals surface area contributed by atoms with Crippen molar-refractivity contribution < 1.29 is 9.90 Å². The average molecular weight is 373 g/mol. The van der Waals surface area contributed by atoms with Gasteiger partial charge in [-0.1, -0.05) is 25.0 Å². The number of carbonyl (C=O) groups excluding carboxylic acids is 1. The van der Waals surface area contributed by atoms with Gasteiger partial charge in [0.05, 0.1) is 13.2 Å². The van der Waals surface area contributed by atoms with E-state index in [4.69, 9.17) is 0 Å². The van der Waals surface area contributed by atoms with Gasteiger partial charge >= 0.3 is 0 Å². The second kappa shape index (κ2) is 7.36. The number of halogens is 1. The van der Waals surface area contributed by atoms with Gasteiger partial charge in [-0.15, -0.1) is 0 Å². The van der Waals surface area contributed by atoms with Crippen LogP contribution in [0.15, 0.2) is 24.3 Å². The Bertz CT molecular complexity index is 419. The number of hydrogen-bond acceptors (Lipinski definition) is 3. The number of nitrogens with zero attached hydrogens (tertiary/aromatic N) is 1. The molecule has 1 aromatic rings. The van der Waals surface area contributed by atoms with Crippen molar-refractivity contribution in [1.29, 1.82) is 0 Å². The van der Waals surface area contributed by atoms with Crippen molar-refractivity contribution in [3.63, 3.8) is 0 Å². The Balaban J connectivity index is 2.01. The van der Waals surface area contributed by atoms with Gasteiger partial charge < -0.3 is 5.11 Å². The molecule has 1 aliphatic heterocycles. The third-order valence-corrected chi connectivity index (χ3v) is 4.44. The second-order valence-electron chi connectivity index (χ2n) is 5.09. The molecule has 1 unspecified atom stereocenters. The van der Waals surface area contributed by atoms with Crippen molar-refractivity contribution in [1.82, 2.24) is 4.90 Å². The quantitative estimate of drug-likeness (QED) is 0.652. The van der Waals surface area contributed by atoms with E-state index in [0.717, 1.165) is 34.9 Å². The largest absolute Gasteiger partial charge is 0.395 e. The third kappa shape index (κ3) is 4.26. The van der Waals surface area contributed by atoms with Crippen molar-refractivity contribution in [2.24, 2.45) is 0 Å². The molecule has 3 nitrogen and oxygen atoms in total. The fourth-order valence-corrected chi connectivity index (χ4v) is 2.92. The lowest BCUT2D eigenvalue weighted by Crippen LogP contribution is -2.40. The number of hydrogen-bond donors (Lipinski definition) is 1. The van der Waals surface area contributed by atoms with Crippen LogP contribution >= 0.6 is 22.6 Å². The molecular formula is C15H20INO2. The van der Waals surface area contributed by atoms with Gasteiger partial charge in [-0.3, -0.25) is 9.69 Å². The number of aliphatic hydroxyl groups excluding tert-OH is 1. The Kier molecular flexibility index (Phi) is 5.78. The van der Waals surface area contributed by atoms with E-state index in [1.165, 1.54) is 6.42 Å². The summed E-state index contributed by atoms with van der Waals surface area (Å²) in [5.74, 6) is 0.150. The first-order chi connectivity index (χ1) is 9.20. The number of ketones is 1. The molecule has 104 valence electrons. The van der Waals surface area contributed by atoms with Gasteiger partial charge in [0.1, 0.15) is 0 Å². The standard InChI is InChI=1S/C15H20INO2/c16-13-7-5-12(6-8-13)15(19)10-17-9-3-1-2-4-14(17)11-18/h5-8,14,18H,1-4,9-11H2. The highest BCUT2D eigenvalue weighted by molar-refractivity contribution is 14.1. The summed E-state index contributed by atoms with van der Waals surface area (Å²) in [5, 5.41) is 9.45. The van der Waals surface area contributed by atoms with Crippen LogP contribution in [0.1, 0.15) is 36.0 Å². The lowest BCUT2D eigenvalue weighted by atomic mass is 10.1. The van der Waals surface area contributed by atoms with E-state index >= 15 is 0 Å². The monoisotopic (exact) mass is 373 g/mol. The first kappa shape index (κ1) is 14.9. The van der Waals surface area contributed by atoms with Crippen LogP contribution in [0, 0.1) is 3.57 Å². The van der Waals surface area contributed by atoms with Crippen molar-refractivity contribution >= 4 is 28.4 Å². The SMILES string of the molecule is O=C(CN1CCCCCC1CO)c1ccc(I)cc1. The van der Waals surface area contributed by atoms with Gasteiger partial charge in [0.2, 0.25) is 0 Å². The predicted molar refractivity (Wildman–Crippen MR) is 84.4 cm³/mol. The van der Waals surface area contributed by atoms with Gasteiger partial charge in [0.25, 0.3) is 0 Å². The summed E-state index contributed by atoms with van der Waals surface area (Å²) in [6.45, 7) is 1.49. The predicted octanol–water partition coefficient (Wildman–Crippen LogP) is 2.71. The van der Waals surface area contributed by atoms with Gasteiger partial charge in [-0.25, -0.2) is 0 Å². The fraction of sp³-hybridized carbons (Fsp3) is 0.533. The number of aliphatic hydroxyl groups is 1. The van der Waals surface area contributed by atoms with Gasteiger partial charge in [0, 0.05) is 15.2 Å². The van der Waals surface area contributed by atoms with E-state index in [1.807, 2.05) is 24.3 Å². The van der Waals surface area contributed by atoms with Crippen LogP contribution in [-0.2, 0) is 0 Å². The number of rotatable bonds is 4. The van der Waals surface area contributed by atoms with Crippen LogP contribution in [0.2, 0.25) is 0 Å². The molecule has 2 rings (SSSR count). The summed E-state index contributed by atoms with van der Waals surface area (Å²) >= 11 is 2.23. The highest BCUT2D eigenvalue weighted by atomic mass is 127. The van der Waals surface area contributed by atoms with Crippen LogP contribution in [-0.4, -0.2) is 41.5 Å². The summed E-state index contributed by atoms with van der Waals surface area (Å²) in [6.07, 6.45) is 4.47. The van der Waals surface area contributed by atoms with E-state index in [9.17, 15) is 9.90 Å². The van der Waals surface area contributed by atoms with E-state index < -0.39 is 0 Å². The molecule has 1 fully saturated rings. The van der Waals surface area contributed by atoms with Gasteiger partial charge in [0.15, 0.2) is 5.78 Å². The summed E-state index contributed by atoms with van der Waals surface area (Å²) in [5.41, 5.74) is 0.765. The molecule has 0 bridgehead atoms. The minimum atomic E-state index is 0.148. The molecule has 1 saturated heterocycles. The minimum absolute atomic E-state index is 0.148. The van der Waals surface area contributed by atoms with Crippen LogP contribution in [0.25, 0.3) is 0 Å². The Morgan fingerprint density at radius 3 is 2.68 bits per heavy atom. The lowest BCUT2D eigenvalue weighted by Gasteiger charge is -2.27. The molecule has 0 amide bonds. The molecule has 0 saturated carbocycles. The highest BCUT2D eigenvalue weighted by Gasteiger charge is 2.22. The molecule has 0 radical (unpaired) electrons. The van der Waals surface area contributed by atoms with Crippen LogP contribution in [0.5, 0.6) is 0 Å². The molecule has 4 heteroatoms. The number of benzene rings is 1. The number of Topliss-reactive ketones (excluding diaryl/α,β-unsaturated/α-hetero) is 1. The first-order valence-electron chi connectivity index (χ1n) is 6.84. The number of likely N-dealkylation sites (tertiary alicyclic amines) is 1. The topological polar surface area (TPSA) is 40.5 Å². The van der Waals surface area contributed by atoms with Crippen LogP contribution in [0.3, 0.4) is 0 Å². The minimum Gasteiger partial charge on any atom is -0.395 e. The van der Waals surface area contributed by atoms with E-state index in [2.05, 4.69) is 27.5 Å². The molecule has 1 aromatic carbocycles. The molecule has 0 spiro atoms. The first-order valence-corrected chi connectivity index (χ1v) is 7.92. The van der Waals surface area contributed by atoms with Crippen molar-refractivity contribution in [2.45, 2.75) is 31.7 Å². The Hall–Kier alpha value is -0.460. The van der Waals surface area contributed by atoms with Crippen molar-refractivity contribution in [3.05, 3.63) is 33.4 Å². The summed E-state index contributed by atoms with van der Waals surface area (Å²) in [4.78, 5) is 14.4. The summed E-state index contributed by atoms with van der Waals surface area (Å²) in [6, 6.07) is 7.83. The Morgan fingerprint density at radius 1 is 1.26 bits per heavy atom. The maximum absolute atomic E-state index is 12.3. The maximum Gasteiger partial charge on any atom is 0.176 e. The normalized spacial score (nSPS) is 21.1. The van der Waals surface area contributed by atoms with Crippen molar-refractivity contribution in [2.75, 3.05) is 19.7 Å². The average Bonchev–Trinajstić information content (AvgIpc) is 2.64. The highest BCUT2D eigenvalue weighted by Crippen LogP contribution is 2.17. The zero-order chi connectivity index (χ0) is 13.7. The Morgan fingerprint density at radius 2 is 2.00 bits per heavy atom. The summed E-state index contributed by atoms with van der Waals surface area (Å²) < 4.78 is 1.14. The van der Waals surface area contributed by atoms with E-state index in [1.54, 1.807) is 0 Å². The number of carbonyl (C=O) groups is 1. The third-order valence-electron chi connectivity index (χ3n) is 3.72. The molecule has 0 aromatic heterocycles. The zero-order valence-electron chi connectivity index (χ0n) is 11.0. The molecule has 1 atom stereocenters. The Labute approximate surface area is 128 Å².